The zero-order valence-corrected chi connectivity index (χ0v) is 21.7. The largest absolute Gasteiger partial charge is 0.493 e. The molecule has 0 aliphatic carbocycles. The molecule has 1 atom stereocenters. The van der Waals surface area contributed by atoms with Crippen molar-refractivity contribution in [3.05, 3.63) is 47.0 Å². The highest BCUT2D eigenvalue weighted by Crippen LogP contribution is 2.37. The fourth-order valence-corrected chi connectivity index (χ4v) is 5.35. The van der Waals surface area contributed by atoms with Crippen molar-refractivity contribution in [1.29, 1.82) is 0 Å². The Hall–Kier alpha value is -1.86. The molecule has 3 heterocycles. The predicted molar refractivity (Wildman–Crippen MR) is 138 cm³/mol. The molecule has 6 nitrogen and oxygen atoms in total. The van der Waals surface area contributed by atoms with Crippen molar-refractivity contribution in [2.45, 2.75) is 32.2 Å². The van der Waals surface area contributed by atoms with Crippen LogP contribution in [-0.4, -0.2) is 63.5 Å². The van der Waals surface area contributed by atoms with E-state index in [0.717, 1.165) is 61.4 Å². The van der Waals surface area contributed by atoms with Crippen LogP contribution < -0.4 is 18.9 Å². The van der Waals surface area contributed by atoms with Gasteiger partial charge in [0.15, 0.2) is 23.0 Å². The molecule has 34 heavy (non-hydrogen) atoms. The van der Waals surface area contributed by atoms with Crippen molar-refractivity contribution >= 4 is 24.8 Å². The molecule has 0 aromatic heterocycles. The smallest absolute Gasteiger partial charge is 0.231 e. The lowest BCUT2D eigenvalue weighted by Crippen LogP contribution is -2.43. The molecule has 1 saturated heterocycles. The summed E-state index contributed by atoms with van der Waals surface area (Å²) in [5.74, 6) is 4.17. The maximum Gasteiger partial charge on any atom is 0.231 e. The maximum absolute atomic E-state index is 5.59. The summed E-state index contributed by atoms with van der Waals surface area (Å²) in [4.78, 5) is 5.27. The van der Waals surface area contributed by atoms with E-state index in [-0.39, 0.29) is 24.8 Å². The first-order valence-corrected chi connectivity index (χ1v) is 11.8. The molecule has 8 heteroatoms. The summed E-state index contributed by atoms with van der Waals surface area (Å²) in [7, 11) is 3.38. The summed E-state index contributed by atoms with van der Waals surface area (Å²) in [5.41, 5.74) is 4.13. The molecule has 0 bridgehead atoms. The summed E-state index contributed by atoms with van der Waals surface area (Å²) in [5, 5.41) is 0. The first kappa shape index (κ1) is 26.7. The molecule has 0 N–H and O–H groups in total. The van der Waals surface area contributed by atoms with Crippen LogP contribution in [0.15, 0.2) is 30.3 Å². The lowest BCUT2D eigenvalue weighted by molar-refractivity contribution is 0.127. The molecular weight excluding hydrogens is 475 g/mol. The zero-order chi connectivity index (χ0) is 21.9. The van der Waals surface area contributed by atoms with Crippen LogP contribution in [0, 0.1) is 5.92 Å². The molecule has 1 fully saturated rings. The second-order valence-electron chi connectivity index (χ2n) is 9.21. The first-order valence-electron chi connectivity index (χ1n) is 11.8. The maximum atomic E-state index is 5.59. The number of nitrogens with zero attached hydrogens (tertiary/aromatic N) is 2. The minimum atomic E-state index is 0. The Morgan fingerprint density at radius 1 is 0.912 bits per heavy atom. The van der Waals surface area contributed by atoms with Crippen molar-refractivity contribution in [3.8, 4) is 23.0 Å². The molecule has 3 aliphatic heterocycles. The van der Waals surface area contributed by atoms with Gasteiger partial charge in [-0.05, 0) is 79.1 Å². The fraction of sp³-hybridized carbons (Fsp3) is 0.538. The minimum absolute atomic E-state index is 0. The minimum Gasteiger partial charge on any atom is -0.493 e. The highest BCUT2D eigenvalue weighted by atomic mass is 35.5. The number of piperidine rings is 1. The van der Waals surface area contributed by atoms with E-state index in [1.807, 2.05) is 6.07 Å². The van der Waals surface area contributed by atoms with E-state index in [1.165, 1.54) is 49.2 Å². The molecule has 2 aromatic rings. The number of rotatable bonds is 7. The number of benzene rings is 2. The summed E-state index contributed by atoms with van der Waals surface area (Å²) < 4.78 is 22.0. The lowest BCUT2D eigenvalue weighted by Gasteiger charge is -2.37. The normalized spacial score (nSPS) is 19.5. The highest BCUT2D eigenvalue weighted by Gasteiger charge is 2.26. The van der Waals surface area contributed by atoms with Gasteiger partial charge < -0.3 is 23.8 Å². The molecule has 3 aliphatic rings. The van der Waals surface area contributed by atoms with E-state index < -0.39 is 0 Å². The number of fused-ring (bicyclic) bond motifs is 2. The Morgan fingerprint density at radius 3 is 2.44 bits per heavy atom. The number of hydrogen-bond donors (Lipinski definition) is 0. The summed E-state index contributed by atoms with van der Waals surface area (Å²) >= 11 is 0. The Kier molecular flexibility index (Phi) is 9.60. The summed E-state index contributed by atoms with van der Waals surface area (Å²) in [6.07, 6.45) is 4.76. The predicted octanol–water partition coefficient (Wildman–Crippen LogP) is 4.59. The molecule has 188 valence electrons. The Bertz CT molecular complexity index is 959. The second-order valence-corrected chi connectivity index (χ2v) is 9.21. The number of hydrogen-bond acceptors (Lipinski definition) is 6. The number of ether oxygens (including phenoxy) is 4. The van der Waals surface area contributed by atoms with Gasteiger partial charge in [-0.15, -0.1) is 24.8 Å². The average Bonchev–Trinajstić information content (AvgIpc) is 3.28. The number of likely N-dealkylation sites (tertiary alicyclic amines) is 1. The third-order valence-corrected chi connectivity index (χ3v) is 7.07. The summed E-state index contributed by atoms with van der Waals surface area (Å²) in [6.45, 7) is 7.18. The molecule has 0 saturated carbocycles. The quantitative estimate of drug-likeness (QED) is 0.542. The fourth-order valence-electron chi connectivity index (χ4n) is 5.35. The van der Waals surface area contributed by atoms with Crippen LogP contribution in [0.3, 0.4) is 0 Å². The van der Waals surface area contributed by atoms with Gasteiger partial charge in [0.1, 0.15) is 0 Å². The van der Waals surface area contributed by atoms with Gasteiger partial charge in [-0.2, -0.15) is 0 Å². The molecule has 2 aromatic carbocycles. The van der Waals surface area contributed by atoms with Crippen LogP contribution in [0.25, 0.3) is 0 Å². The van der Waals surface area contributed by atoms with Gasteiger partial charge in [-0.3, -0.25) is 4.90 Å². The van der Waals surface area contributed by atoms with Crippen LogP contribution in [-0.2, 0) is 19.4 Å². The van der Waals surface area contributed by atoms with Gasteiger partial charge in [-0.25, -0.2) is 0 Å². The van der Waals surface area contributed by atoms with E-state index in [4.69, 9.17) is 18.9 Å². The van der Waals surface area contributed by atoms with Gasteiger partial charge in [-0.1, -0.05) is 6.07 Å². The Labute approximate surface area is 215 Å². The monoisotopic (exact) mass is 510 g/mol. The van der Waals surface area contributed by atoms with Crippen LogP contribution in [0.1, 0.15) is 29.5 Å². The van der Waals surface area contributed by atoms with Gasteiger partial charge in [0.05, 0.1) is 14.2 Å². The van der Waals surface area contributed by atoms with Gasteiger partial charge in [0.25, 0.3) is 0 Å². The molecular formula is C26H36Cl2N2O4. The molecule has 0 radical (unpaired) electrons. The lowest BCUT2D eigenvalue weighted by atomic mass is 9.94. The molecule has 0 spiro atoms. The van der Waals surface area contributed by atoms with Crippen LogP contribution >= 0.6 is 24.8 Å². The van der Waals surface area contributed by atoms with E-state index in [2.05, 4.69) is 34.1 Å². The third-order valence-electron chi connectivity index (χ3n) is 7.07. The van der Waals surface area contributed by atoms with E-state index in [9.17, 15) is 0 Å². The Balaban J connectivity index is 0.00000162. The third kappa shape index (κ3) is 6.03. The SMILES string of the molecule is COc1ccc(CCN2CCCC(CN3CCc4cc5c(cc4C3)OCO5)C2)cc1OC.Cl.Cl. The first-order chi connectivity index (χ1) is 15.7. The zero-order valence-electron chi connectivity index (χ0n) is 20.1. The van der Waals surface area contributed by atoms with E-state index >= 15 is 0 Å². The molecule has 5 rings (SSSR count). The topological polar surface area (TPSA) is 43.4 Å². The standard InChI is InChI=1S/C26H34N2O4.2ClH/c1-29-23-6-5-19(12-24(23)30-2)7-10-27-9-3-4-20(15-27)16-28-11-8-21-13-25-26(32-18-31-25)14-22(21)17-28;;/h5-6,12-14,20H,3-4,7-11,15-18H2,1-2H3;2*1H. The van der Waals surface area contributed by atoms with Crippen molar-refractivity contribution in [3.63, 3.8) is 0 Å². The summed E-state index contributed by atoms with van der Waals surface area (Å²) in [6, 6.07) is 10.6. The van der Waals surface area contributed by atoms with Crippen LogP contribution in [0.4, 0.5) is 0 Å². The average molecular weight is 511 g/mol. The van der Waals surface area contributed by atoms with Gasteiger partial charge >= 0.3 is 0 Å². The van der Waals surface area contributed by atoms with E-state index in [1.54, 1.807) is 14.2 Å². The van der Waals surface area contributed by atoms with Crippen LogP contribution in [0.5, 0.6) is 23.0 Å². The highest BCUT2D eigenvalue weighted by molar-refractivity contribution is 5.85. The molecule has 1 unspecified atom stereocenters. The van der Waals surface area contributed by atoms with Crippen molar-refractivity contribution < 1.29 is 18.9 Å². The van der Waals surface area contributed by atoms with Crippen LogP contribution in [0.2, 0.25) is 0 Å². The molecule has 0 amide bonds. The van der Waals surface area contributed by atoms with Gasteiger partial charge in [0, 0.05) is 32.7 Å². The van der Waals surface area contributed by atoms with Crippen molar-refractivity contribution in [1.82, 2.24) is 9.80 Å². The Morgan fingerprint density at radius 2 is 1.68 bits per heavy atom. The second kappa shape index (κ2) is 12.2. The van der Waals surface area contributed by atoms with Crippen molar-refractivity contribution in [2.24, 2.45) is 5.92 Å². The number of methoxy groups -OCH3 is 2. The van der Waals surface area contributed by atoms with Crippen molar-refractivity contribution in [2.75, 3.05) is 53.7 Å². The number of halogens is 2. The van der Waals surface area contributed by atoms with E-state index in [0.29, 0.717) is 6.79 Å². The van der Waals surface area contributed by atoms with Gasteiger partial charge in [0.2, 0.25) is 6.79 Å².